The van der Waals surface area contributed by atoms with Crippen molar-refractivity contribution in [1.29, 1.82) is 0 Å². The van der Waals surface area contributed by atoms with Gasteiger partial charge in [-0.1, -0.05) is 23.7 Å². The Morgan fingerprint density at radius 1 is 1.37 bits per heavy atom. The van der Waals surface area contributed by atoms with E-state index in [1.54, 1.807) is 4.90 Å². The Morgan fingerprint density at radius 2 is 2.05 bits per heavy atom. The van der Waals surface area contributed by atoms with E-state index in [0.29, 0.717) is 31.0 Å². The molecule has 0 unspecified atom stereocenters. The Labute approximate surface area is 117 Å². The third-order valence-corrected chi connectivity index (χ3v) is 3.69. The zero-order chi connectivity index (χ0) is 13.8. The SMILES string of the molecule is O=C(O)[C@@H]1CCC(=O)N(CCc2ccc(Cl)cc2)C1. The average Bonchev–Trinajstić information content (AvgIpc) is 2.39. The Kier molecular flexibility index (Phi) is 4.43. The predicted octanol–water partition coefficient (Wildman–Crippen LogP) is 2.21. The summed E-state index contributed by atoms with van der Waals surface area (Å²) in [5.41, 5.74) is 1.09. The molecular formula is C14H16ClNO3. The van der Waals surface area contributed by atoms with Gasteiger partial charge in [0, 0.05) is 24.5 Å². The van der Waals surface area contributed by atoms with Crippen molar-refractivity contribution in [2.75, 3.05) is 13.1 Å². The maximum absolute atomic E-state index is 11.7. The number of hydrogen-bond acceptors (Lipinski definition) is 2. The van der Waals surface area contributed by atoms with Crippen molar-refractivity contribution in [2.24, 2.45) is 5.92 Å². The van der Waals surface area contributed by atoms with E-state index in [1.807, 2.05) is 24.3 Å². The monoisotopic (exact) mass is 281 g/mol. The number of likely N-dealkylation sites (tertiary alicyclic amines) is 1. The summed E-state index contributed by atoms with van der Waals surface area (Å²) >= 11 is 5.81. The summed E-state index contributed by atoms with van der Waals surface area (Å²) < 4.78 is 0. The minimum atomic E-state index is -0.816. The molecular weight excluding hydrogens is 266 g/mol. The van der Waals surface area contributed by atoms with Crippen LogP contribution in [-0.4, -0.2) is 35.0 Å². The highest BCUT2D eigenvalue weighted by Crippen LogP contribution is 2.18. The number of carboxylic acids is 1. The van der Waals surface area contributed by atoms with Crippen molar-refractivity contribution >= 4 is 23.5 Å². The molecule has 102 valence electrons. The first kappa shape index (κ1) is 13.9. The van der Waals surface area contributed by atoms with Gasteiger partial charge in [-0.3, -0.25) is 9.59 Å². The van der Waals surface area contributed by atoms with Crippen molar-refractivity contribution in [3.63, 3.8) is 0 Å². The average molecular weight is 282 g/mol. The van der Waals surface area contributed by atoms with Crippen molar-refractivity contribution in [3.8, 4) is 0 Å². The summed E-state index contributed by atoms with van der Waals surface area (Å²) in [6.45, 7) is 0.881. The Morgan fingerprint density at radius 3 is 2.68 bits per heavy atom. The number of aliphatic carboxylic acids is 1. The van der Waals surface area contributed by atoms with Gasteiger partial charge < -0.3 is 10.0 Å². The zero-order valence-electron chi connectivity index (χ0n) is 10.5. The number of carbonyl (C=O) groups excluding carboxylic acids is 1. The highest BCUT2D eigenvalue weighted by atomic mass is 35.5. The summed E-state index contributed by atoms with van der Waals surface area (Å²) in [5, 5.41) is 9.69. The van der Waals surface area contributed by atoms with Gasteiger partial charge >= 0.3 is 5.97 Å². The molecule has 1 aliphatic rings. The van der Waals surface area contributed by atoms with Crippen LogP contribution < -0.4 is 0 Å². The second-order valence-corrected chi connectivity index (χ2v) is 5.23. The van der Waals surface area contributed by atoms with Crippen molar-refractivity contribution in [2.45, 2.75) is 19.3 Å². The lowest BCUT2D eigenvalue weighted by atomic mass is 9.97. The molecule has 1 aliphatic heterocycles. The smallest absolute Gasteiger partial charge is 0.308 e. The molecule has 4 nitrogen and oxygen atoms in total. The Bertz CT molecular complexity index is 472. The summed E-state index contributed by atoms with van der Waals surface area (Å²) in [6.07, 6.45) is 1.50. The molecule has 0 spiro atoms. The molecule has 0 radical (unpaired) electrons. The fourth-order valence-electron chi connectivity index (χ4n) is 2.25. The van der Waals surface area contributed by atoms with Crippen LogP contribution in [0.25, 0.3) is 0 Å². The summed E-state index contributed by atoms with van der Waals surface area (Å²) in [6, 6.07) is 7.47. The van der Waals surface area contributed by atoms with E-state index in [-0.39, 0.29) is 5.91 Å². The van der Waals surface area contributed by atoms with Gasteiger partial charge in [-0.05, 0) is 30.5 Å². The van der Waals surface area contributed by atoms with E-state index in [1.165, 1.54) is 0 Å². The molecule has 1 saturated heterocycles. The van der Waals surface area contributed by atoms with Crippen molar-refractivity contribution in [3.05, 3.63) is 34.9 Å². The molecule has 1 aromatic carbocycles. The quantitative estimate of drug-likeness (QED) is 0.920. The molecule has 0 bridgehead atoms. The number of nitrogens with zero attached hydrogens (tertiary/aromatic N) is 1. The fraction of sp³-hybridized carbons (Fsp3) is 0.429. The van der Waals surface area contributed by atoms with Crippen molar-refractivity contribution in [1.82, 2.24) is 4.90 Å². The van der Waals surface area contributed by atoms with Gasteiger partial charge in [0.05, 0.1) is 5.92 Å². The molecule has 0 aliphatic carbocycles. The second-order valence-electron chi connectivity index (χ2n) is 4.79. The predicted molar refractivity (Wildman–Crippen MR) is 72.1 cm³/mol. The molecule has 1 heterocycles. The van der Waals surface area contributed by atoms with E-state index in [9.17, 15) is 9.59 Å². The van der Waals surface area contributed by atoms with Gasteiger partial charge in [0.15, 0.2) is 0 Å². The molecule has 19 heavy (non-hydrogen) atoms. The number of amides is 1. The minimum Gasteiger partial charge on any atom is -0.481 e. The molecule has 0 saturated carbocycles. The van der Waals surface area contributed by atoms with Gasteiger partial charge in [0.1, 0.15) is 0 Å². The van der Waals surface area contributed by atoms with E-state index in [0.717, 1.165) is 12.0 Å². The summed E-state index contributed by atoms with van der Waals surface area (Å²) in [5.74, 6) is -1.20. The molecule has 5 heteroatoms. The number of halogens is 1. The first-order valence-electron chi connectivity index (χ1n) is 6.31. The van der Waals surface area contributed by atoms with Crippen LogP contribution in [0.5, 0.6) is 0 Å². The third-order valence-electron chi connectivity index (χ3n) is 3.43. The largest absolute Gasteiger partial charge is 0.481 e. The highest BCUT2D eigenvalue weighted by molar-refractivity contribution is 6.30. The fourth-order valence-corrected chi connectivity index (χ4v) is 2.37. The van der Waals surface area contributed by atoms with Crippen LogP contribution in [-0.2, 0) is 16.0 Å². The van der Waals surface area contributed by atoms with Crippen LogP contribution in [0.15, 0.2) is 24.3 Å². The van der Waals surface area contributed by atoms with Crippen LogP contribution in [0.4, 0.5) is 0 Å². The van der Waals surface area contributed by atoms with Crippen LogP contribution in [0, 0.1) is 5.92 Å². The van der Waals surface area contributed by atoms with Gasteiger partial charge in [-0.2, -0.15) is 0 Å². The lowest BCUT2D eigenvalue weighted by Crippen LogP contribution is -2.43. The molecule has 0 aromatic heterocycles. The van der Waals surface area contributed by atoms with E-state index in [2.05, 4.69) is 0 Å². The minimum absolute atomic E-state index is 0.0477. The number of hydrogen-bond donors (Lipinski definition) is 1. The zero-order valence-corrected chi connectivity index (χ0v) is 11.3. The van der Waals surface area contributed by atoms with Gasteiger partial charge in [-0.15, -0.1) is 0 Å². The van der Waals surface area contributed by atoms with E-state index >= 15 is 0 Å². The van der Waals surface area contributed by atoms with Gasteiger partial charge in [-0.25, -0.2) is 0 Å². The molecule has 1 aromatic rings. The van der Waals surface area contributed by atoms with E-state index < -0.39 is 11.9 Å². The number of carboxylic acid groups (broad SMARTS) is 1. The number of rotatable bonds is 4. The maximum Gasteiger partial charge on any atom is 0.308 e. The van der Waals surface area contributed by atoms with Gasteiger partial charge in [0.25, 0.3) is 0 Å². The topological polar surface area (TPSA) is 57.6 Å². The van der Waals surface area contributed by atoms with Crippen LogP contribution in [0.2, 0.25) is 5.02 Å². The van der Waals surface area contributed by atoms with E-state index in [4.69, 9.17) is 16.7 Å². The third kappa shape index (κ3) is 3.70. The molecule has 1 fully saturated rings. The van der Waals surface area contributed by atoms with Crippen molar-refractivity contribution < 1.29 is 14.7 Å². The van der Waals surface area contributed by atoms with Crippen LogP contribution in [0.1, 0.15) is 18.4 Å². The number of piperidine rings is 1. The molecule has 2 rings (SSSR count). The highest BCUT2D eigenvalue weighted by Gasteiger charge is 2.29. The second kappa shape index (κ2) is 6.06. The summed E-state index contributed by atoms with van der Waals surface area (Å²) in [7, 11) is 0. The Hall–Kier alpha value is -1.55. The standard InChI is InChI=1S/C14H16ClNO3/c15-12-4-1-10(2-5-12)7-8-16-9-11(14(18)19)3-6-13(16)17/h1-2,4-5,11H,3,6-9H2,(H,18,19)/t11-/m1/s1. The first-order chi connectivity index (χ1) is 9.06. The first-order valence-corrected chi connectivity index (χ1v) is 6.69. The lowest BCUT2D eigenvalue weighted by molar-refractivity contribution is -0.147. The lowest BCUT2D eigenvalue weighted by Gasteiger charge is -2.30. The normalized spacial score (nSPS) is 19.5. The number of carbonyl (C=O) groups is 2. The van der Waals surface area contributed by atoms with Crippen LogP contribution in [0.3, 0.4) is 0 Å². The molecule has 1 amide bonds. The summed E-state index contributed by atoms with van der Waals surface area (Å²) in [4.78, 5) is 24.4. The maximum atomic E-state index is 11.7. The van der Waals surface area contributed by atoms with Crippen LogP contribution >= 0.6 is 11.6 Å². The number of benzene rings is 1. The Balaban J connectivity index is 1.92. The molecule has 1 atom stereocenters. The van der Waals surface area contributed by atoms with Gasteiger partial charge in [0.2, 0.25) is 5.91 Å². The molecule has 1 N–H and O–H groups in total.